The maximum Gasteiger partial charge on any atom is 0.434 e. The van der Waals surface area contributed by atoms with E-state index >= 15 is 0 Å². The van der Waals surface area contributed by atoms with E-state index in [4.69, 9.17) is 5.73 Å². The lowest BCUT2D eigenvalue weighted by Crippen LogP contribution is -2.06. The molecule has 0 saturated carbocycles. The molecule has 3 rings (SSSR count). The highest BCUT2D eigenvalue weighted by Gasteiger charge is 2.34. The van der Waals surface area contributed by atoms with Crippen molar-refractivity contribution in [2.75, 3.05) is 6.54 Å². The Morgan fingerprint density at radius 1 is 1.21 bits per heavy atom. The van der Waals surface area contributed by atoms with Gasteiger partial charge in [-0.3, -0.25) is 0 Å². The van der Waals surface area contributed by atoms with E-state index in [1.54, 1.807) is 30.6 Å². The summed E-state index contributed by atoms with van der Waals surface area (Å²) in [6.45, 7) is 2.08. The van der Waals surface area contributed by atoms with Crippen LogP contribution in [0.4, 0.5) is 13.2 Å². The van der Waals surface area contributed by atoms with Gasteiger partial charge in [-0.25, -0.2) is 15.0 Å². The second-order valence-corrected chi connectivity index (χ2v) is 6.24. The van der Waals surface area contributed by atoms with E-state index in [1.165, 1.54) is 11.5 Å². The summed E-state index contributed by atoms with van der Waals surface area (Å²) in [6, 6.07) is 6.99. The van der Waals surface area contributed by atoms with Crippen molar-refractivity contribution in [3.05, 3.63) is 65.0 Å². The van der Waals surface area contributed by atoms with Gasteiger partial charge in [-0.15, -0.1) is 0 Å². The fraction of sp³-hybridized carbons (Fsp3) is 0.263. The first kappa shape index (κ1) is 19.5. The number of imidazole rings is 1. The monoisotopic (exact) mass is 386 g/mol. The molecule has 2 aromatic heterocycles. The van der Waals surface area contributed by atoms with Crippen LogP contribution in [-0.4, -0.2) is 26.1 Å². The highest BCUT2D eigenvalue weighted by Crippen LogP contribution is 2.29. The standard InChI is InChI=1S/C19H17F3N6/c1-12-27-17(19(20,21)22)11-28(12)10-15-6-13(7-24)2-3-16(15)18-25-8-14(4-5-23)9-26-18/h2-3,6,8-9,11H,4-5,10,23H2,1H3. The predicted molar refractivity (Wildman–Crippen MR) is 96.0 cm³/mol. The fourth-order valence-electron chi connectivity index (χ4n) is 2.79. The molecule has 28 heavy (non-hydrogen) atoms. The fourth-order valence-corrected chi connectivity index (χ4v) is 2.79. The first-order valence-electron chi connectivity index (χ1n) is 8.47. The van der Waals surface area contributed by atoms with Gasteiger partial charge >= 0.3 is 6.18 Å². The van der Waals surface area contributed by atoms with Gasteiger partial charge in [-0.05, 0) is 49.2 Å². The van der Waals surface area contributed by atoms with Gasteiger partial charge in [0.15, 0.2) is 11.5 Å². The second kappa shape index (κ2) is 7.78. The average Bonchev–Trinajstić information content (AvgIpc) is 3.04. The SMILES string of the molecule is Cc1nc(C(F)(F)F)cn1Cc1cc(C#N)ccc1-c1ncc(CCN)cn1. The Labute approximate surface area is 159 Å². The lowest BCUT2D eigenvalue weighted by atomic mass is 10.0. The van der Waals surface area contributed by atoms with Crippen LogP contribution in [0.25, 0.3) is 11.4 Å². The maximum atomic E-state index is 12.9. The molecule has 6 nitrogen and oxygen atoms in total. The molecule has 0 aliphatic rings. The minimum absolute atomic E-state index is 0.105. The Bertz CT molecular complexity index is 1020. The van der Waals surface area contributed by atoms with Crippen LogP contribution in [0, 0.1) is 18.3 Å². The first-order valence-corrected chi connectivity index (χ1v) is 8.47. The lowest BCUT2D eigenvalue weighted by Gasteiger charge is -2.11. The molecule has 144 valence electrons. The Hall–Kier alpha value is -3.25. The van der Waals surface area contributed by atoms with Crippen molar-refractivity contribution in [2.45, 2.75) is 26.1 Å². The Balaban J connectivity index is 2.01. The summed E-state index contributed by atoms with van der Waals surface area (Å²) >= 11 is 0. The Kier molecular flexibility index (Phi) is 5.42. The van der Waals surface area contributed by atoms with E-state index in [0.717, 1.165) is 11.8 Å². The van der Waals surface area contributed by atoms with Crippen molar-refractivity contribution in [1.29, 1.82) is 5.26 Å². The minimum atomic E-state index is -4.52. The van der Waals surface area contributed by atoms with E-state index in [0.29, 0.717) is 35.5 Å². The van der Waals surface area contributed by atoms with Crippen LogP contribution in [0.5, 0.6) is 0 Å². The predicted octanol–water partition coefficient (Wildman–Crippen LogP) is 3.09. The topological polar surface area (TPSA) is 93.4 Å². The van der Waals surface area contributed by atoms with E-state index in [1.807, 2.05) is 6.07 Å². The lowest BCUT2D eigenvalue weighted by molar-refractivity contribution is -0.141. The third kappa shape index (κ3) is 4.18. The average molecular weight is 386 g/mol. The van der Waals surface area contributed by atoms with Gasteiger partial charge < -0.3 is 10.3 Å². The molecule has 1 aromatic carbocycles. The van der Waals surface area contributed by atoms with Gasteiger partial charge in [0.2, 0.25) is 0 Å². The summed E-state index contributed by atoms with van der Waals surface area (Å²) in [6.07, 6.45) is 0.427. The second-order valence-electron chi connectivity index (χ2n) is 6.24. The van der Waals surface area contributed by atoms with E-state index in [2.05, 4.69) is 15.0 Å². The molecule has 0 unspecified atom stereocenters. The molecule has 0 aliphatic carbocycles. The minimum Gasteiger partial charge on any atom is -0.330 e. The molecule has 2 heterocycles. The molecule has 0 saturated heterocycles. The molecule has 0 aliphatic heterocycles. The molecule has 0 fully saturated rings. The molecule has 0 atom stereocenters. The number of nitrogens with zero attached hydrogens (tertiary/aromatic N) is 5. The molecule has 0 amide bonds. The molecule has 0 radical (unpaired) electrons. The third-order valence-electron chi connectivity index (χ3n) is 4.22. The van der Waals surface area contributed by atoms with Crippen molar-refractivity contribution >= 4 is 0 Å². The van der Waals surface area contributed by atoms with Gasteiger partial charge in [0.25, 0.3) is 0 Å². The zero-order valence-electron chi connectivity index (χ0n) is 15.0. The molecule has 9 heteroatoms. The van der Waals surface area contributed by atoms with E-state index in [-0.39, 0.29) is 12.4 Å². The van der Waals surface area contributed by atoms with Gasteiger partial charge in [-0.2, -0.15) is 18.4 Å². The number of benzene rings is 1. The maximum absolute atomic E-state index is 12.9. The molecular weight excluding hydrogens is 369 g/mol. The summed E-state index contributed by atoms with van der Waals surface area (Å²) in [5.41, 5.74) is 7.12. The molecule has 2 N–H and O–H groups in total. The number of aromatic nitrogens is 4. The number of nitriles is 1. The summed E-state index contributed by atoms with van der Waals surface area (Å²) in [5.74, 6) is 0.647. The van der Waals surface area contributed by atoms with E-state index in [9.17, 15) is 18.4 Å². The van der Waals surface area contributed by atoms with E-state index < -0.39 is 11.9 Å². The summed E-state index contributed by atoms with van der Waals surface area (Å²) in [4.78, 5) is 12.3. The molecular formula is C19H17F3N6. The van der Waals surface area contributed by atoms with Crippen molar-refractivity contribution in [3.63, 3.8) is 0 Å². The largest absolute Gasteiger partial charge is 0.434 e. The number of nitrogens with two attached hydrogens (primary N) is 1. The van der Waals surface area contributed by atoms with Crippen LogP contribution in [0.15, 0.2) is 36.8 Å². The van der Waals surface area contributed by atoms with Gasteiger partial charge in [0, 0.05) is 30.7 Å². The van der Waals surface area contributed by atoms with Gasteiger partial charge in [-0.1, -0.05) is 0 Å². The van der Waals surface area contributed by atoms with Crippen LogP contribution >= 0.6 is 0 Å². The van der Waals surface area contributed by atoms with Gasteiger partial charge in [0.1, 0.15) is 5.82 Å². The zero-order chi connectivity index (χ0) is 20.3. The Morgan fingerprint density at radius 2 is 1.93 bits per heavy atom. The molecule has 0 spiro atoms. The number of rotatable bonds is 5. The van der Waals surface area contributed by atoms with Crippen molar-refractivity contribution in [1.82, 2.24) is 19.5 Å². The number of aryl methyl sites for hydroxylation is 1. The molecule has 0 bridgehead atoms. The smallest absolute Gasteiger partial charge is 0.330 e. The van der Waals surface area contributed by atoms with Crippen molar-refractivity contribution in [2.24, 2.45) is 5.73 Å². The Morgan fingerprint density at radius 3 is 2.50 bits per heavy atom. The number of alkyl halides is 3. The quantitative estimate of drug-likeness (QED) is 0.727. The van der Waals surface area contributed by atoms with Crippen molar-refractivity contribution < 1.29 is 13.2 Å². The van der Waals surface area contributed by atoms with Crippen molar-refractivity contribution in [3.8, 4) is 17.5 Å². The summed E-state index contributed by atoms with van der Waals surface area (Å²) < 4.78 is 40.2. The summed E-state index contributed by atoms with van der Waals surface area (Å²) in [7, 11) is 0. The van der Waals surface area contributed by atoms with Gasteiger partial charge in [0.05, 0.1) is 11.6 Å². The normalized spacial score (nSPS) is 11.4. The first-order chi connectivity index (χ1) is 13.3. The highest BCUT2D eigenvalue weighted by molar-refractivity contribution is 5.62. The van der Waals surface area contributed by atoms with Crippen LogP contribution in [0.1, 0.15) is 28.2 Å². The van der Waals surface area contributed by atoms with Crippen LogP contribution < -0.4 is 5.73 Å². The number of halogens is 3. The van der Waals surface area contributed by atoms with Crippen LogP contribution in [0.2, 0.25) is 0 Å². The number of hydrogen-bond acceptors (Lipinski definition) is 5. The van der Waals surface area contributed by atoms with Crippen LogP contribution in [0.3, 0.4) is 0 Å². The molecule has 3 aromatic rings. The third-order valence-corrected chi connectivity index (χ3v) is 4.22. The highest BCUT2D eigenvalue weighted by atomic mass is 19.4. The number of hydrogen-bond donors (Lipinski definition) is 1. The van der Waals surface area contributed by atoms with Crippen LogP contribution in [-0.2, 0) is 19.1 Å². The summed E-state index contributed by atoms with van der Waals surface area (Å²) in [5, 5.41) is 9.19. The zero-order valence-corrected chi connectivity index (χ0v) is 15.0.